The van der Waals surface area contributed by atoms with E-state index in [-0.39, 0.29) is 60.3 Å². The molecule has 228 valence electrons. The van der Waals surface area contributed by atoms with E-state index in [1.807, 2.05) is 11.0 Å². The Morgan fingerprint density at radius 2 is 2.05 bits per heavy atom. The number of carbonyl (C=O) groups is 1. The van der Waals surface area contributed by atoms with Crippen LogP contribution in [0.15, 0.2) is 50.2 Å². The summed E-state index contributed by atoms with van der Waals surface area (Å²) in [5.41, 5.74) is 7.27. The number of hydrogen-bond acceptors (Lipinski definition) is 12. The van der Waals surface area contributed by atoms with Crippen LogP contribution in [0.3, 0.4) is 0 Å². The topological polar surface area (TPSA) is 161 Å². The van der Waals surface area contributed by atoms with E-state index in [9.17, 15) is 18.4 Å². The number of alkyl halides is 2. The van der Waals surface area contributed by atoms with Gasteiger partial charge >= 0.3 is 18.3 Å². The van der Waals surface area contributed by atoms with Crippen LogP contribution in [0.1, 0.15) is 29.2 Å². The minimum Gasteiger partial charge on any atom is -0.492 e. The van der Waals surface area contributed by atoms with Gasteiger partial charge in [0.15, 0.2) is 18.1 Å². The van der Waals surface area contributed by atoms with Crippen LogP contribution in [0.25, 0.3) is 11.4 Å². The van der Waals surface area contributed by atoms with Crippen molar-refractivity contribution in [1.29, 1.82) is 0 Å². The molecule has 16 heteroatoms. The molecule has 0 amide bonds. The number of hydrogen-bond donors (Lipinski definition) is 1. The van der Waals surface area contributed by atoms with Crippen molar-refractivity contribution in [3.8, 4) is 17.1 Å². The molecule has 2 N–H and O–H groups in total. The summed E-state index contributed by atoms with van der Waals surface area (Å²) >= 11 is 6.02. The number of nitrogen functional groups attached to an aromatic ring is 1. The second kappa shape index (κ2) is 13.3. The summed E-state index contributed by atoms with van der Waals surface area (Å²) in [6, 6.07) is 7.87. The average molecular weight is 621 g/mol. The molecule has 1 aliphatic heterocycles. The molecular formula is C27H27ClF2N6O7. The van der Waals surface area contributed by atoms with Gasteiger partial charge in [0.2, 0.25) is 5.95 Å². The Morgan fingerprint density at radius 3 is 2.79 bits per heavy atom. The number of nitrogens with two attached hydrogens (primary N) is 1. The van der Waals surface area contributed by atoms with Gasteiger partial charge in [0.05, 0.1) is 18.9 Å². The van der Waals surface area contributed by atoms with E-state index in [0.29, 0.717) is 41.3 Å². The second-order valence-corrected chi connectivity index (χ2v) is 9.88. The van der Waals surface area contributed by atoms with Gasteiger partial charge in [0.1, 0.15) is 29.2 Å². The third kappa shape index (κ3) is 7.36. The van der Waals surface area contributed by atoms with Gasteiger partial charge in [-0.3, -0.25) is 9.69 Å². The minimum atomic E-state index is -2.87. The fraction of sp³-hybridized carbons (Fsp3) is 0.370. The first-order chi connectivity index (χ1) is 20.7. The van der Waals surface area contributed by atoms with Crippen molar-refractivity contribution in [2.45, 2.75) is 32.5 Å². The van der Waals surface area contributed by atoms with Crippen LogP contribution in [-0.2, 0) is 27.3 Å². The van der Waals surface area contributed by atoms with Gasteiger partial charge < -0.3 is 28.8 Å². The molecule has 1 atom stereocenters. The van der Waals surface area contributed by atoms with Crippen LogP contribution in [0, 0.1) is 6.92 Å². The Kier molecular flexibility index (Phi) is 9.33. The third-order valence-corrected chi connectivity index (χ3v) is 6.84. The van der Waals surface area contributed by atoms with Crippen molar-refractivity contribution < 1.29 is 36.6 Å². The Labute approximate surface area is 248 Å². The first kappa shape index (κ1) is 30.1. The third-order valence-electron chi connectivity index (χ3n) is 6.64. The van der Waals surface area contributed by atoms with E-state index in [1.165, 1.54) is 19.2 Å². The van der Waals surface area contributed by atoms with Crippen molar-refractivity contribution in [3.63, 3.8) is 0 Å². The van der Waals surface area contributed by atoms with E-state index in [2.05, 4.69) is 15.1 Å². The largest absolute Gasteiger partial charge is 0.519 e. The number of ether oxygens (including phenoxy) is 3. The molecule has 0 radical (unpaired) electrons. The number of morpholine rings is 1. The number of aryl methyl sites for hydroxylation is 1. The van der Waals surface area contributed by atoms with Gasteiger partial charge in [0, 0.05) is 37.3 Å². The molecule has 1 saturated heterocycles. The number of para-hydroxylation sites is 1. The lowest BCUT2D eigenvalue weighted by molar-refractivity contribution is -0.158. The molecule has 43 heavy (non-hydrogen) atoms. The molecule has 5 rings (SSSR count). The highest BCUT2D eigenvalue weighted by Gasteiger charge is 2.31. The zero-order valence-corrected chi connectivity index (χ0v) is 23.6. The first-order valence-electron chi connectivity index (χ1n) is 13.1. The summed E-state index contributed by atoms with van der Waals surface area (Å²) in [5.74, 6) is -0.632. The highest BCUT2D eigenvalue weighted by atomic mass is 35.5. The molecule has 1 aliphatic rings. The maximum Gasteiger partial charge on any atom is 0.519 e. The molecule has 0 spiro atoms. The summed E-state index contributed by atoms with van der Waals surface area (Å²) in [4.78, 5) is 33.9. The monoisotopic (exact) mass is 620 g/mol. The van der Waals surface area contributed by atoms with Crippen LogP contribution < -0.4 is 16.3 Å². The number of rotatable bonds is 11. The van der Waals surface area contributed by atoms with Crippen molar-refractivity contribution in [1.82, 2.24) is 24.6 Å². The number of anilines is 1. The molecule has 0 saturated carbocycles. The predicted octanol–water partition coefficient (Wildman–Crippen LogP) is 3.24. The molecule has 1 aromatic carbocycles. The number of benzene rings is 1. The number of aromatic nitrogens is 4. The van der Waals surface area contributed by atoms with E-state index < -0.39 is 24.4 Å². The number of carbonyl (C=O) groups excluding carboxylic acids is 1. The van der Waals surface area contributed by atoms with Crippen LogP contribution in [0.4, 0.5) is 14.7 Å². The molecule has 0 aliphatic carbocycles. The van der Waals surface area contributed by atoms with Gasteiger partial charge in [-0.1, -0.05) is 29.8 Å². The van der Waals surface area contributed by atoms with Crippen molar-refractivity contribution in [3.05, 3.63) is 74.9 Å². The summed E-state index contributed by atoms with van der Waals surface area (Å²) in [5, 5.41) is 4.06. The zero-order valence-electron chi connectivity index (χ0n) is 22.9. The second-order valence-electron chi connectivity index (χ2n) is 9.50. The minimum absolute atomic E-state index is 0.0530. The number of esters is 1. The maximum absolute atomic E-state index is 13.6. The summed E-state index contributed by atoms with van der Waals surface area (Å²) < 4.78 is 54.2. The van der Waals surface area contributed by atoms with Crippen LogP contribution >= 0.6 is 11.6 Å². The molecule has 0 unspecified atom stereocenters. The average Bonchev–Trinajstić information content (AvgIpc) is 3.54. The van der Waals surface area contributed by atoms with Gasteiger partial charge in [-0.05, 0) is 18.6 Å². The fourth-order valence-corrected chi connectivity index (χ4v) is 4.75. The predicted molar refractivity (Wildman–Crippen MR) is 147 cm³/mol. The van der Waals surface area contributed by atoms with Crippen LogP contribution in [0.2, 0.25) is 5.15 Å². The summed E-state index contributed by atoms with van der Waals surface area (Å²) in [6.07, 6.45) is 1.43. The highest BCUT2D eigenvalue weighted by Crippen LogP contribution is 2.30. The molecule has 4 aromatic rings. The number of halogens is 3. The zero-order chi connectivity index (χ0) is 30.5. The van der Waals surface area contributed by atoms with E-state index in [0.717, 1.165) is 0 Å². The standard InChI is InChI=1S/C27H27ClF2N6O7/c1-15-21(43-27(38)42-15)14-41-24(37)19-13-39-8-6-35(19)7-9-40-20-5-3-2-4-16(20)10-17-12-36(25(29)30)34-23(17)18-11-22(28)33-26(31)32-18/h2-5,11-12,19,25H,6-10,13-14H2,1H3,(H2,31,32,33)/t19-/m1/s1. The molecule has 13 nitrogen and oxygen atoms in total. The Hall–Kier alpha value is -4.34. The molecule has 0 bridgehead atoms. The van der Waals surface area contributed by atoms with Crippen molar-refractivity contribution in [2.24, 2.45) is 0 Å². The maximum atomic E-state index is 13.6. The Morgan fingerprint density at radius 1 is 1.23 bits per heavy atom. The summed E-state index contributed by atoms with van der Waals surface area (Å²) in [6.45, 7) is -0.00468. The fourth-order valence-electron chi connectivity index (χ4n) is 4.56. The molecule has 1 fully saturated rings. The lowest BCUT2D eigenvalue weighted by Gasteiger charge is -2.33. The lowest BCUT2D eigenvalue weighted by atomic mass is 10.0. The van der Waals surface area contributed by atoms with Crippen molar-refractivity contribution in [2.75, 3.05) is 38.6 Å². The van der Waals surface area contributed by atoms with E-state index in [4.69, 9.17) is 40.4 Å². The van der Waals surface area contributed by atoms with E-state index in [1.54, 1.807) is 18.2 Å². The van der Waals surface area contributed by atoms with Gasteiger partial charge in [-0.25, -0.2) is 19.4 Å². The van der Waals surface area contributed by atoms with Crippen molar-refractivity contribution >= 4 is 23.5 Å². The molecule has 4 heterocycles. The van der Waals surface area contributed by atoms with Gasteiger partial charge in [-0.15, -0.1) is 0 Å². The van der Waals surface area contributed by atoms with Gasteiger partial charge in [0.25, 0.3) is 0 Å². The number of nitrogens with zero attached hydrogens (tertiary/aromatic N) is 5. The SMILES string of the molecule is Cc1oc(=O)oc1COC(=O)[C@H]1COCCN1CCOc1ccccc1Cc1cn(C(F)F)nc1-c1cc(Cl)nc(N)n1. The Bertz CT molecular complexity index is 1620. The van der Waals surface area contributed by atoms with Crippen LogP contribution in [0.5, 0.6) is 5.75 Å². The van der Waals surface area contributed by atoms with Gasteiger partial charge in [-0.2, -0.15) is 13.9 Å². The quantitative estimate of drug-likeness (QED) is 0.193. The Balaban J connectivity index is 1.26. The normalized spacial score (nSPS) is 15.6. The molecular weight excluding hydrogens is 594 g/mol. The smallest absolute Gasteiger partial charge is 0.492 e. The molecule has 3 aromatic heterocycles. The van der Waals surface area contributed by atoms with E-state index >= 15 is 0 Å². The lowest BCUT2D eigenvalue weighted by Crippen LogP contribution is -2.51. The summed E-state index contributed by atoms with van der Waals surface area (Å²) in [7, 11) is 0. The highest BCUT2D eigenvalue weighted by molar-refractivity contribution is 6.29. The first-order valence-corrected chi connectivity index (χ1v) is 13.5. The van der Waals surface area contributed by atoms with Crippen LogP contribution in [-0.4, -0.2) is 69.6 Å².